The van der Waals surface area contributed by atoms with Crippen molar-refractivity contribution >= 4 is 17.4 Å². The average molecular weight is 271 g/mol. The Bertz CT molecular complexity index is 646. The summed E-state index contributed by atoms with van der Waals surface area (Å²) in [5.41, 5.74) is 1.33. The van der Waals surface area contributed by atoms with Crippen LogP contribution in [0.1, 0.15) is 21.5 Å². The first kappa shape index (κ1) is 13.7. The lowest BCUT2D eigenvalue weighted by Gasteiger charge is -2.07. The van der Waals surface area contributed by atoms with E-state index in [4.69, 9.17) is 0 Å². The number of hydrogen-bond donors (Lipinski definition) is 1. The molecule has 0 atom stereocenters. The van der Waals surface area contributed by atoms with Crippen molar-refractivity contribution in [1.29, 1.82) is 0 Å². The molecule has 0 unspecified atom stereocenters. The number of carbonyl (C=O) groups is 1. The Morgan fingerprint density at radius 1 is 1.25 bits per heavy atom. The van der Waals surface area contributed by atoms with Gasteiger partial charge in [-0.2, -0.15) is 0 Å². The van der Waals surface area contributed by atoms with Gasteiger partial charge >= 0.3 is 0 Å². The number of pyridine rings is 1. The molecule has 0 aliphatic rings. The van der Waals surface area contributed by atoms with E-state index in [1.807, 2.05) is 0 Å². The molecular weight excluding hydrogens is 258 g/mol. The van der Waals surface area contributed by atoms with Crippen molar-refractivity contribution in [3.63, 3.8) is 0 Å². The molecule has 102 valence electrons. The quantitative estimate of drug-likeness (QED) is 0.687. The number of amides is 1. The highest BCUT2D eigenvalue weighted by atomic mass is 16.6. The third kappa shape index (κ3) is 2.80. The molecule has 2 aromatic rings. The average Bonchev–Trinajstić information content (AvgIpc) is 2.38. The first-order valence-electron chi connectivity index (χ1n) is 5.97. The molecule has 0 aliphatic carbocycles. The zero-order valence-corrected chi connectivity index (χ0v) is 11.1. The highest BCUT2D eigenvalue weighted by Gasteiger charge is 2.18. The molecule has 1 aromatic heterocycles. The highest BCUT2D eigenvalue weighted by Crippen LogP contribution is 2.24. The number of carbonyl (C=O) groups excluding carboxylic acids is 1. The molecule has 0 radical (unpaired) electrons. The fraction of sp³-hybridized carbons (Fsp3) is 0.143. The number of aromatic nitrogens is 1. The van der Waals surface area contributed by atoms with Crippen LogP contribution < -0.4 is 5.32 Å². The molecule has 1 amide bonds. The molecular formula is C14H13N3O3. The molecule has 1 heterocycles. The van der Waals surface area contributed by atoms with E-state index in [1.165, 1.54) is 12.1 Å². The van der Waals surface area contributed by atoms with E-state index < -0.39 is 4.92 Å². The summed E-state index contributed by atoms with van der Waals surface area (Å²) in [7, 11) is 0. The van der Waals surface area contributed by atoms with Crippen LogP contribution in [0.5, 0.6) is 0 Å². The molecule has 6 nitrogen and oxygen atoms in total. The van der Waals surface area contributed by atoms with Crippen LogP contribution in [0.25, 0.3) is 0 Å². The van der Waals surface area contributed by atoms with Gasteiger partial charge in [0.15, 0.2) is 0 Å². The maximum atomic E-state index is 12.1. The summed E-state index contributed by atoms with van der Waals surface area (Å²) in [5.74, 6) is 0.0935. The predicted octanol–water partition coefficient (Wildman–Crippen LogP) is 2.86. The fourth-order valence-corrected chi connectivity index (χ4v) is 2.00. The third-order valence-corrected chi connectivity index (χ3v) is 2.84. The van der Waals surface area contributed by atoms with Crippen LogP contribution in [0.2, 0.25) is 0 Å². The molecule has 2 rings (SSSR count). The normalized spacial score (nSPS) is 10.1. The molecule has 0 fully saturated rings. The lowest BCUT2D eigenvalue weighted by atomic mass is 10.0. The van der Waals surface area contributed by atoms with Gasteiger partial charge < -0.3 is 5.32 Å². The van der Waals surface area contributed by atoms with Gasteiger partial charge in [-0.1, -0.05) is 6.07 Å². The summed E-state index contributed by atoms with van der Waals surface area (Å²) in [6, 6.07) is 8.18. The van der Waals surface area contributed by atoms with Crippen LogP contribution >= 0.6 is 0 Å². The van der Waals surface area contributed by atoms with Gasteiger partial charge in [-0.15, -0.1) is 0 Å². The third-order valence-electron chi connectivity index (χ3n) is 2.84. The van der Waals surface area contributed by atoms with Crippen molar-refractivity contribution in [3.05, 3.63) is 63.3 Å². The molecule has 20 heavy (non-hydrogen) atoms. The van der Waals surface area contributed by atoms with Crippen LogP contribution in [-0.2, 0) is 0 Å². The summed E-state index contributed by atoms with van der Waals surface area (Å²) in [4.78, 5) is 26.5. The van der Waals surface area contributed by atoms with Gasteiger partial charge in [0.2, 0.25) is 0 Å². The van der Waals surface area contributed by atoms with Crippen LogP contribution in [0.4, 0.5) is 11.5 Å². The van der Waals surface area contributed by atoms with Crippen LogP contribution in [0.15, 0.2) is 36.5 Å². The molecule has 1 N–H and O–H groups in total. The number of anilines is 1. The Hall–Kier alpha value is -2.76. The van der Waals surface area contributed by atoms with Crippen molar-refractivity contribution in [3.8, 4) is 0 Å². The Labute approximate surface area is 115 Å². The van der Waals surface area contributed by atoms with Gasteiger partial charge in [0.1, 0.15) is 5.82 Å². The van der Waals surface area contributed by atoms with Crippen LogP contribution in [0, 0.1) is 24.0 Å². The molecule has 0 aliphatic heterocycles. The van der Waals surface area contributed by atoms with Gasteiger partial charge in [-0.05, 0) is 38.1 Å². The van der Waals surface area contributed by atoms with E-state index in [9.17, 15) is 14.9 Å². The first-order chi connectivity index (χ1) is 9.49. The number of benzene rings is 1. The number of rotatable bonds is 3. The second-order valence-corrected chi connectivity index (χ2v) is 4.38. The minimum Gasteiger partial charge on any atom is -0.307 e. The number of nitro groups is 1. The number of aryl methyl sites for hydroxylation is 2. The number of nitro benzene ring substituents is 1. The van der Waals surface area contributed by atoms with E-state index in [0.717, 1.165) is 0 Å². The van der Waals surface area contributed by atoms with Crippen molar-refractivity contribution in [1.82, 2.24) is 4.98 Å². The van der Waals surface area contributed by atoms with Crippen molar-refractivity contribution in [2.75, 3.05) is 5.32 Å². The fourth-order valence-electron chi connectivity index (χ4n) is 2.00. The summed E-state index contributed by atoms with van der Waals surface area (Å²) < 4.78 is 0. The first-order valence-corrected chi connectivity index (χ1v) is 5.97. The minimum absolute atomic E-state index is 0.0411. The van der Waals surface area contributed by atoms with Gasteiger partial charge in [0.05, 0.1) is 4.92 Å². The smallest absolute Gasteiger partial charge is 0.275 e. The SMILES string of the molecule is Cc1cc(C(=O)Nc2ccccn2)cc(C)c1[N+](=O)[O-]. The zero-order chi connectivity index (χ0) is 14.7. The standard InChI is InChI=1S/C14H13N3O3/c1-9-7-11(8-10(2)13(9)17(19)20)14(18)16-12-5-3-4-6-15-12/h3-8H,1-2H3,(H,15,16,18). The maximum Gasteiger partial charge on any atom is 0.275 e. The van der Waals surface area contributed by atoms with Gasteiger partial charge in [0.25, 0.3) is 11.6 Å². The number of nitrogens with one attached hydrogen (secondary N) is 1. The molecule has 0 spiro atoms. The molecule has 1 aromatic carbocycles. The maximum absolute atomic E-state index is 12.1. The highest BCUT2D eigenvalue weighted by molar-refractivity contribution is 6.04. The van der Waals surface area contributed by atoms with Gasteiger partial charge in [-0.25, -0.2) is 4.98 Å². The van der Waals surface area contributed by atoms with Crippen LogP contribution in [-0.4, -0.2) is 15.8 Å². The second-order valence-electron chi connectivity index (χ2n) is 4.38. The van der Waals surface area contributed by atoms with Crippen molar-refractivity contribution < 1.29 is 9.72 Å². The van der Waals surface area contributed by atoms with E-state index in [2.05, 4.69) is 10.3 Å². The lowest BCUT2D eigenvalue weighted by molar-refractivity contribution is -0.386. The minimum atomic E-state index is -0.439. The molecule has 0 saturated heterocycles. The molecule has 0 saturated carbocycles. The Kier molecular flexibility index (Phi) is 3.74. The van der Waals surface area contributed by atoms with Crippen molar-refractivity contribution in [2.24, 2.45) is 0 Å². The molecule has 6 heteroatoms. The molecule has 0 bridgehead atoms. The summed E-state index contributed by atoms with van der Waals surface area (Å²) in [6.45, 7) is 3.23. The Morgan fingerprint density at radius 3 is 2.40 bits per heavy atom. The van der Waals surface area contributed by atoms with Gasteiger partial charge in [0, 0.05) is 22.9 Å². The second kappa shape index (κ2) is 5.48. The van der Waals surface area contributed by atoms with Gasteiger partial charge in [-0.3, -0.25) is 14.9 Å². The largest absolute Gasteiger partial charge is 0.307 e. The number of nitrogens with zero attached hydrogens (tertiary/aromatic N) is 2. The van der Waals surface area contributed by atoms with Crippen LogP contribution in [0.3, 0.4) is 0 Å². The van der Waals surface area contributed by atoms with E-state index in [-0.39, 0.29) is 11.6 Å². The van der Waals surface area contributed by atoms with E-state index in [1.54, 1.807) is 38.2 Å². The van der Waals surface area contributed by atoms with E-state index in [0.29, 0.717) is 22.5 Å². The monoisotopic (exact) mass is 271 g/mol. The Morgan fingerprint density at radius 2 is 1.90 bits per heavy atom. The van der Waals surface area contributed by atoms with E-state index >= 15 is 0 Å². The topological polar surface area (TPSA) is 85.1 Å². The summed E-state index contributed by atoms with van der Waals surface area (Å²) >= 11 is 0. The lowest BCUT2D eigenvalue weighted by Crippen LogP contribution is -2.13. The summed E-state index contributed by atoms with van der Waals surface area (Å²) in [5, 5.41) is 13.6. The zero-order valence-electron chi connectivity index (χ0n) is 11.1. The summed E-state index contributed by atoms with van der Waals surface area (Å²) in [6.07, 6.45) is 1.57. The van der Waals surface area contributed by atoms with Crippen molar-refractivity contribution in [2.45, 2.75) is 13.8 Å². The predicted molar refractivity (Wildman–Crippen MR) is 74.8 cm³/mol. The Balaban J connectivity index is 2.30. The number of hydrogen-bond acceptors (Lipinski definition) is 4.